The molecular weight excluding hydrogens is 456 g/mol. The highest BCUT2D eigenvalue weighted by Crippen LogP contribution is 2.34. The molecule has 1 fully saturated rings. The monoisotopic (exact) mass is 478 g/mol. The van der Waals surface area contributed by atoms with E-state index in [4.69, 9.17) is 18.7 Å². The molecule has 3 aromatic rings. The maximum atomic E-state index is 13.2. The molecule has 12 heteroatoms. The molecule has 2 aliphatic rings. The second kappa shape index (κ2) is 9.05. The number of fused-ring (bicyclic) bond motifs is 1. The van der Waals surface area contributed by atoms with E-state index in [1.165, 1.54) is 12.1 Å². The van der Waals surface area contributed by atoms with Crippen LogP contribution in [0.3, 0.4) is 0 Å². The number of rotatable bonds is 8. The van der Waals surface area contributed by atoms with Crippen LogP contribution in [0.5, 0.6) is 17.2 Å². The number of anilines is 1. The second-order valence-corrected chi connectivity index (χ2v) is 7.71. The van der Waals surface area contributed by atoms with Gasteiger partial charge in [0.15, 0.2) is 23.6 Å². The van der Waals surface area contributed by atoms with Gasteiger partial charge >= 0.3 is 0 Å². The number of nitrogens with zero attached hydrogens (tertiary/aromatic N) is 6. The van der Waals surface area contributed by atoms with Crippen molar-refractivity contribution in [3.05, 3.63) is 48.4 Å². The normalized spacial score (nSPS) is 18.8. The van der Waals surface area contributed by atoms with Crippen molar-refractivity contribution in [2.24, 2.45) is 10.3 Å². The number of methoxy groups -OCH3 is 2. The molecule has 0 aliphatic carbocycles. The minimum atomic E-state index is -0.928. The minimum Gasteiger partial charge on any atom is -0.494 e. The molecule has 5 rings (SSSR count). The first-order valence-electron chi connectivity index (χ1n) is 10.9. The molecule has 0 N–H and O–H groups in total. The quantitative estimate of drug-likeness (QED) is 0.448. The number of benzene rings is 2. The predicted molar refractivity (Wildman–Crippen MR) is 121 cm³/mol. The lowest BCUT2D eigenvalue weighted by atomic mass is 10.1. The summed E-state index contributed by atoms with van der Waals surface area (Å²) in [6.07, 6.45) is 0. The molecule has 2 aliphatic heterocycles. The molecule has 2 aromatic carbocycles. The van der Waals surface area contributed by atoms with Crippen LogP contribution in [0.2, 0.25) is 0 Å². The number of ether oxygens (including phenoxy) is 3. The zero-order valence-corrected chi connectivity index (χ0v) is 19.2. The van der Waals surface area contributed by atoms with E-state index in [0.29, 0.717) is 40.9 Å². The van der Waals surface area contributed by atoms with Gasteiger partial charge in [0.25, 0.3) is 11.8 Å². The van der Waals surface area contributed by atoms with Crippen LogP contribution in [0.1, 0.15) is 12.8 Å². The fourth-order valence-corrected chi connectivity index (χ4v) is 4.02. The van der Waals surface area contributed by atoms with Gasteiger partial charge in [0.05, 0.1) is 26.5 Å². The highest BCUT2D eigenvalue weighted by atomic mass is 16.5. The molecule has 0 saturated carbocycles. The molecule has 0 bridgehead atoms. The fraction of sp³-hybridized carbons (Fsp3) is 0.304. The third-order valence-corrected chi connectivity index (χ3v) is 5.67. The topological polar surface area (TPSA) is 132 Å². The zero-order chi connectivity index (χ0) is 24.5. The Labute approximate surface area is 200 Å². The highest BCUT2D eigenvalue weighted by molar-refractivity contribution is 6.25. The Hall–Kier alpha value is -4.48. The van der Waals surface area contributed by atoms with Crippen molar-refractivity contribution >= 4 is 17.5 Å². The van der Waals surface area contributed by atoms with Crippen molar-refractivity contribution in [3.63, 3.8) is 0 Å². The number of carbonyl (C=O) groups excluding carboxylic acids is 2. The minimum absolute atomic E-state index is 0.0150. The van der Waals surface area contributed by atoms with E-state index in [1.807, 2.05) is 6.92 Å². The summed E-state index contributed by atoms with van der Waals surface area (Å²) in [5.74, 6) is 1.44. The summed E-state index contributed by atoms with van der Waals surface area (Å²) < 4.78 is 21.4. The number of hydrogen-bond acceptors (Lipinski definition) is 11. The van der Waals surface area contributed by atoms with Crippen LogP contribution in [-0.2, 0) is 16.1 Å². The van der Waals surface area contributed by atoms with Crippen LogP contribution in [0, 0.1) is 0 Å². The average Bonchev–Trinajstić information content (AvgIpc) is 3.57. The molecule has 12 nitrogen and oxygen atoms in total. The van der Waals surface area contributed by atoms with Gasteiger partial charge in [-0.3, -0.25) is 14.6 Å². The first-order valence-corrected chi connectivity index (χ1v) is 10.9. The predicted octanol–water partition coefficient (Wildman–Crippen LogP) is 2.65. The van der Waals surface area contributed by atoms with Crippen LogP contribution in [0.15, 0.2) is 57.3 Å². The molecule has 0 unspecified atom stereocenters. The molecule has 2 amide bonds. The molecule has 180 valence electrons. The van der Waals surface area contributed by atoms with Gasteiger partial charge in [0.1, 0.15) is 12.3 Å². The van der Waals surface area contributed by atoms with Gasteiger partial charge in [-0.1, -0.05) is 10.4 Å². The Bertz CT molecular complexity index is 1290. The lowest BCUT2D eigenvalue weighted by molar-refractivity contribution is -0.123. The van der Waals surface area contributed by atoms with Crippen LogP contribution < -0.4 is 19.1 Å². The van der Waals surface area contributed by atoms with Gasteiger partial charge in [-0.25, -0.2) is 4.90 Å². The van der Waals surface area contributed by atoms with Crippen molar-refractivity contribution in [2.45, 2.75) is 25.6 Å². The maximum Gasteiger partial charge on any atom is 0.263 e. The molecule has 35 heavy (non-hydrogen) atoms. The van der Waals surface area contributed by atoms with Crippen LogP contribution >= 0.6 is 0 Å². The SMILES string of the molecule is CCOc1ccc(N2C(=O)[C@H]3N=NN(Cc4nc(-c5ccc(OC)c(OC)c5)no4)[C@H]3C2=O)cc1. The van der Waals surface area contributed by atoms with Gasteiger partial charge < -0.3 is 18.7 Å². The van der Waals surface area contributed by atoms with E-state index in [2.05, 4.69) is 20.5 Å². The molecular formula is C23H22N6O6. The molecule has 1 aromatic heterocycles. The molecule has 2 atom stereocenters. The standard InChI is InChI=1S/C23H22N6O6/c1-4-34-15-8-6-14(7-9-15)29-22(30)19-20(23(29)31)28(27-25-19)12-18-24-21(26-35-18)13-5-10-16(32-2)17(11-13)33-3/h5-11,19-20H,4,12H2,1-3H3/t19-,20+/m0/s1. The first-order chi connectivity index (χ1) is 17.0. The van der Waals surface area contributed by atoms with E-state index in [9.17, 15) is 9.59 Å². The Balaban J connectivity index is 1.32. The third-order valence-electron chi connectivity index (χ3n) is 5.67. The smallest absolute Gasteiger partial charge is 0.263 e. The van der Waals surface area contributed by atoms with Crippen molar-refractivity contribution in [3.8, 4) is 28.6 Å². The van der Waals surface area contributed by atoms with Crippen molar-refractivity contribution < 1.29 is 28.3 Å². The first kappa shape index (κ1) is 22.3. The average molecular weight is 478 g/mol. The number of hydrogen-bond donors (Lipinski definition) is 0. The lowest BCUT2D eigenvalue weighted by Crippen LogP contribution is -2.39. The van der Waals surface area contributed by atoms with E-state index >= 15 is 0 Å². The Morgan fingerprint density at radius 3 is 2.49 bits per heavy atom. The van der Waals surface area contributed by atoms with Crippen molar-refractivity contribution in [1.82, 2.24) is 15.1 Å². The van der Waals surface area contributed by atoms with Crippen molar-refractivity contribution in [1.29, 1.82) is 0 Å². The van der Waals surface area contributed by atoms with Gasteiger partial charge in [0.2, 0.25) is 11.7 Å². The van der Waals surface area contributed by atoms with Crippen LogP contribution in [0.4, 0.5) is 5.69 Å². The summed E-state index contributed by atoms with van der Waals surface area (Å²) in [5.41, 5.74) is 1.11. The summed E-state index contributed by atoms with van der Waals surface area (Å²) in [7, 11) is 3.09. The van der Waals surface area contributed by atoms with E-state index in [-0.39, 0.29) is 12.4 Å². The van der Waals surface area contributed by atoms with Gasteiger partial charge in [-0.15, -0.1) is 0 Å². The molecule has 3 heterocycles. The zero-order valence-electron chi connectivity index (χ0n) is 19.2. The van der Waals surface area contributed by atoms with Crippen LogP contribution in [0.25, 0.3) is 11.4 Å². The highest BCUT2D eigenvalue weighted by Gasteiger charge is 2.55. The van der Waals surface area contributed by atoms with E-state index in [1.54, 1.807) is 49.6 Å². The molecule has 0 radical (unpaired) electrons. The van der Waals surface area contributed by atoms with Gasteiger partial charge in [-0.05, 0) is 49.4 Å². The number of amides is 2. The second-order valence-electron chi connectivity index (χ2n) is 7.71. The summed E-state index contributed by atoms with van der Waals surface area (Å²) in [4.78, 5) is 31.6. The van der Waals surface area contributed by atoms with E-state index < -0.39 is 23.9 Å². The fourth-order valence-electron chi connectivity index (χ4n) is 4.02. The summed E-state index contributed by atoms with van der Waals surface area (Å²) >= 11 is 0. The van der Waals surface area contributed by atoms with Gasteiger partial charge in [-0.2, -0.15) is 10.1 Å². The summed E-state index contributed by atoms with van der Waals surface area (Å²) in [5, 5.41) is 13.5. The maximum absolute atomic E-state index is 13.2. The Kier molecular flexibility index (Phi) is 5.77. The van der Waals surface area contributed by atoms with Crippen molar-refractivity contribution in [2.75, 3.05) is 25.7 Å². The third kappa shape index (κ3) is 3.92. The molecule has 0 spiro atoms. The Morgan fingerprint density at radius 1 is 1.00 bits per heavy atom. The largest absolute Gasteiger partial charge is 0.494 e. The number of imide groups is 1. The van der Waals surface area contributed by atoms with E-state index in [0.717, 1.165) is 4.90 Å². The van der Waals surface area contributed by atoms with Gasteiger partial charge in [0, 0.05) is 5.56 Å². The summed E-state index contributed by atoms with van der Waals surface area (Å²) in [6.45, 7) is 2.41. The number of carbonyl (C=O) groups is 2. The van der Waals surface area contributed by atoms with Crippen LogP contribution in [-0.4, -0.2) is 59.9 Å². The number of aromatic nitrogens is 2. The lowest BCUT2D eigenvalue weighted by Gasteiger charge is -2.19. The molecule has 1 saturated heterocycles. The Morgan fingerprint density at radius 2 is 1.77 bits per heavy atom. The summed E-state index contributed by atoms with van der Waals surface area (Å²) in [6, 6.07) is 10.2.